The lowest BCUT2D eigenvalue weighted by atomic mass is 9.85. The normalized spacial score (nSPS) is 16.7. The van der Waals surface area contributed by atoms with E-state index >= 15 is 0 Å². The van der Waals surface area contributed by atoms with E-state index in [1.54, 1.807) is 28.1 Å². The van der Waals surface area contributed by atoms with E-state index in [1.807, 2.05) is 93.7 Å². The summed E-state index contributed by atoms with van der Waals surface area (Å²) >= 11 is 3.09. The number of aromatic nitrogens is 6. The molecule has 402 valence electrons. The molecule has 2 aliphatic rings. The Morgan fingerprint density at radius 3 is 2.25 bits per heavy atom. The van der Waals surface area contributed by atoms with Crippen LogP contribution in [0.2, 0.25) is 0 Å². The van der Waals surface area contributed by atoms with Crippen LogP contribution in [0.15, 0.2) is 66.4 Å². The van der Waals surface area contributed by atoms with E-state index in [0.717, 1.165) is 98.5 Å². The molecule has 0 radical (unpaired) electrons. The third-order valence-corrected chi connectivity index (χ3v) is 16.1. The van der Waals surface area contributed by atoms with Crippen LogP contribution in [0.25, 0.3) is 37.9 Å². The fourth-order valence-electron chi connectivity index (χ4n) is 9.90. The first kappa shape index (κ1) is 55.4. The fraction of sp³-hybridized carbons (Fsp3) is 0.500. The Bertz CT molecular complexity index is 3020. The molecule has 1 aromatic carbocycles. The van der Waals surface area contributed by atoms with Gasteiger partial charge in [-0.1, -0.05) is 88.5 Å². The summed E-state index contributed by atoms with van der Waals surface area (Å²) in [6.07, 6.45) is 9.81. The van der Waals surface area contributed by atoms with Gasteiger partial charge in [0.25, 0.3) is 0 Å². The highest BCUT2D eigenvalue weighted by atomic mass is 32.1. The lowest BCUT2D eigenvalue weighted by molar-refractivity contribution is -0.144. The molecule has 0 bridgehead atoms. The van der Waals surface area contributed by atoms with Crippen LogP contribution in [-0.4, -0.2) is 125 Å². The Hall–Kier alpha value is -6.82. The minimum atomic E-state index is -0.870. The van der Waals surface area contributed by atoms with Gasteiger partial charge in [0.15, 0.2) is 5.01 Å². The quantitative estimate of drug-likeness (QED) is 0.0496. The van der Waals surface area contributed by atoms with Crippen molar-refractivity contribution in [1.29, 1.82) is 5.26 Å². The summed E-state index contributed by atoms with van der Waals surface area (Å²) in [5, 5.41) is 44.7. The second kappa shape index (κ2) is 24.9. The third-order valence-electron chi connectivity index (χ3n) is 14.1. The number of benzene rings is 1. The third kappa shape index (κ3) is 13.6. The standard InChI is InChI=1S/C56H71N13O5S2/c1-35(2)61-44-29-45(46-22-21-41-27-38(30-57)31-60-69(41)46)58-32-43(44)53-64-65-55(76-53)67-25-23-66(24-26-67)49(72)16-14-12-10-8-9-11-13-15-48(71)63-51(56(5,6)7)54(74)68-33-42(70)28-47(68)52(73)62-36(3)39-17-19-40(20-18-39)50-37(4)59-34-75-50/h17-22,27,29,31-32,34-36,42,47,51,70H,8-16,23-26,28,33H2,1-7H3,(H,58,61)(H,62,73)(H,63,71)/t36-,42+,47-,51+/m0/s1. The van der Waals surface area contributed by atoms with Crippen LogP contribution < -0.4 is 20.9 Å². The molecule has 2 aliphatic heterocycles. The minimum absolute atomic E-state index is 0.0192. The maximum atomic E-state index is 14.1. The van der Waals surface area contributed by atoms with Crippen molar-refractivity contribution in [3.63, 3.8) is 0 Å². The number of likely N-dealkylation sites (tertiary alicyclic amines) is 1. The van der Waals surface area contributed by atoms with Crippen LogP contribution in [0, 0.1) is 23.7 Å². The molecular formula is C56H71N13O5S2. The number of unbranched alkanes of at least 4 members (excludes halogenated alkanes) is 6. The number of hydrogen-bond donors (Lipinski definition) is 4. The monoisotopic (exact) mass is 1070 g/mol. The van der Waals surface area contributed by atoms with E-state index in [0.29, 0.717) is 44.6 Å². The molecule has 0 spiro atoms. The van der Waals surface area contributed by atoms with Crippen molar-refractivity contribution in [2.24, 2.45) is 5.41 Å². The molecule has 2 saturated heterocycles. The van der Waals surface area contributed by atoms with Gasteiger partial charge in [-0.05, 0) is 81.3 Å². The highest BCUT2D eigenvalue weighted by molar-refractivity contribution is 7.18. The summed E-state index contributed by atoms with van der Waals surface area (Å²) in [7, 11) is 0. The maximum absolute atomic E-state index is 14.1. The number of fused-ring (bicyclic) bond motifs is 1. The average Bonchev–Trinajstić information content (AvgIpc) is 4.27. The second-order valence-corrected chi connectivity index (χ2v) is 23.3. The summed E-state index contributed by atoms with van der Waals surface area (Å²) in [4.78, 5) is 70.1. The molecule has 0 unspecified atom stereocenters. The highest BCUT2D eigenvalue weighted by Gasteiger charge is 2.44. The number of thiazole rings is 1. The van der Waals surface area contributed by atoms with E-state index in [1.165, 1.54) is 16.2 Å². The van der Waals surface area contributed by atoms with E-state index < -0.39 is 23.6 Å². The van der Waals surface area contributed by atoms with Crippen molar-refractivity contribution in [2.45, 2.75) is 143 Å². The van der Waals surface area contributed by atoms with Gasteiger partial charge in [0.05, 0.1) is 62.5 Å². The van der Waals surface area contributed by atoms with Crippen LogP contribution in [0.1, 0.15) is 129 Å². The highest BCUT2D eigenvalue weighted by Crippen LogP contribution is 2.37. The van der Waals surface area contributed by atoms with Gasteiger partial charge in [0, 0.05) is 69.9 Å². The van der Waals surface area contributed by atoms with Crippen molar-refractivity contribution in [2.75, 3.05) is 42.9 Å². The summed E-state index contributed by atoms with van der Waals surface area (Å²) in [6.45, 7) is 16.3. The van der Waals surface area contributed by atoms with E-state index in [4.69, 9.17) is 4.98 Å². The van der Waals surface area contributed by atoms with Crippen LogP contribution >= 0.6 is 22.7 Å². The van der Waals surface area contributed by atoms with Crippen molar-refractivity contribution >= 4 is 62.6 Å². The number of nitrogens with one attached hydrogen (secondary N) is 3. The van der Waals surface area contributed by atoms with Crippen molar-refractivity contribution in [3.8, 4) is 38.5 Å². The first-order valence-corrected chi connectivity index (χ1v) is 28.3. The average molecular weight is 1070 g/mol. The molecule has 5 aromatic heterocycles. The predicted molar refractivity (Wildman–Crippen MR) is 298 cm³/mol. The molecular weight excluding hydrogens is 999 g/mol. The molecule has 4 atom stereocenters. The largest absolute Gasteiger partial charge is 0.391 e. The number of carbonyl (C=O) groups is 4. The molecule has 20 heteroatoms. The van der Waals surface area contributed by atoms with Crippen LogP contribution in [0.4, 0.5) is 10.8 Å². The van der Waals surface area contributed by atoms with Crippen molar-refractivity contribution in [3.05, 3.63) is 83.3 Å². The summed E-state index contributed by atoms with van der Waals surface area (Å²) < 4.78 is 1.78. The maximum Gasteiger partial charge on any atom is 0.246 e. The van der Waals surface area contributed by atoms with E-state index in [2.05, 4.69) is 61.0 Å². The molecule has 0 saturated carbocycles. The van der Waals surface area contributed by atoms with E-state index in [9.17, 15) is 29.5 Å². The summed E-state index contributed by atoms with van der Waals surface area (Å²) in [5.41, 5.74) is 8.73. The zero-order valence-corrected chi connectivity index (χ0v) is 46.3. The first-order chi connectivity index (χ1) is 36.5. The Balaban J connectivity index is 0.718. The number of aliphatic hydroxyl groups excluding tert-OH is 1. The van der Waals surface area contributed by atoms with Gasteiger partial charge in [0.1, 0.15) is 18.2 Å². The minimum Gasteiger partial charge on any atom is -0.391 e. The number of aryl methyl sites for hydroxylation is 1. The molecule has 8 rings (SSSR count). The molecule has 4 amide bonds. The van der Waals surface area contributed by atoms with Crippen LogP contribution in [0.5, 0.6) is 0 Å². The number of pyridine rings is 1. The van der Waals surface area contributed by atoms with Gasteiger partial charge in [0.2, 0.25) is 28.8 Å². The smallest absolute Gasteiger partial charge is 0.246 e. The van der Waals surface area contributed by atoms with Crippen molar-refractivity contribution in [1.82, 2.24) is 50.2 Å². The number of carbonyl (C=O) groups excluding carboxylic acids is 4. The topological polar surface area (TPSA) is 227 Å². The van der Waals surface area contributed by atoms with Gasteiger partial charge < -0.3 is 35.8 Å². The molecule has 18 nitrogen and oxygen atoms in total. The number of aliphatic hydroxyl groups is 1. The number of anilines is 2. The molecule has 76 heavy (non-hydrogen) atoms. The van der Waals surface area contributed by atoms with Gasteiger partial charge in [-0.2, -0.15) is 10.4 Å². The zero-order chi connectivity index (χ0) is 54.1. The Labute approximate surface area is 453 Å². The van der Waals surface area contributed by atoms with Crippen LogP contribution in [-0.2, 0) is 19.2 Å². The Kier molecular flexibility index (Phi) is 18.2. The summed E-state index contributed by atoms with van der Waals surface area (Å²) in [6, 6.07) is 15.9. The van der Waals surface area contributed by atoms with Gasteiger partial charge >= 0.3 is 0 Å². The molecule has 7 heterocycles. The lowest BCUT2D eigenvalue weighted by Gasteiger charge is -2.35. The number of nitriles is 1. The number of nitrogens with zero attached hydrogens (tertiary/aromatic N) is 10. The SMILES string of the molecule is Cc1ncsc1-c1ccc([C@H](C)NC(=O)[C@@H]2C[C@@H](O)CN2C(=O)[C@@H](NC(=O)CCCCCCCCCC(=O)N2CCN(c3nnc(-c4cnc(-c5ccc6cc(C#N)cnn56)cc4NC(C)C)s3)CC2)C(C)(C)C)cc1. The number of hydrogen-bond acceptors (Lipinski definition) is 15. The number of rotatable bonds is 21. The Morgan fingerprint density at radius 1 is 0.868 bits per heavy atom. The second-order valence-electron chi connectivity index (χ2n) is 21.4. The molecule has 6 aromatic rings. The van der Waals surface area contributed by atoms with Crippen LogP contribution in [0.3, 0.4) is 0 Å². The molecule has 0 aliphatic carbocycles. The number of amides is 4. The molecule has 4 N–H and O–H groups in total. The number of β-amino-alcohol motifs (C(OH)–C–C–N with tert-alkyl or cyclic N) is 1. The van der Waals surface area contributed by atoms with Crippen molar-refractivity contribution < 1.29 is 24.3 Å². The predicted octanol–water partition coefficient (Wildman–Crippen LogP) is 8.57. The van der Waals surface area contributed by atoms with E-state index in [-0.39, 0.29) is 55.1 Å². The zero-order valence-electron chi connectivity index (χ0n) is 44.7. The molecule has 2 fully saturated rings. The summed E-state index contributed by atoms with van der Waals surface area (Å²) in [5.74, 6) is -0.743. The fourth-order valence-corrected chi connectivity index (χ4v) is 11.6. The van der Waals surface area contributed by atoms with Gasteiger partial charge in [-0.25, -0.2) is 9.50 Å². The Morgan fingerprint density at radius 2 is 1.58 bits per heavy atom. The van der Waals surface area contributed by atoms with Gasteiger partial charge in [-0.3, -0.25) is 24.2 Å². The van der Waals surface area contributed by atoms with Gasteiger partial charge in [-0.15, -0.1) is 21.5 Å². The first-order valence-electron chi connectivity index (χ1n) is 26.6. The number of piperazine rings is 1. The lowest BCUT2D eigenvalue weighted by Crippen LogP contribution is -2.57.